The third kappa shape index (κ3) is 5.81. The van der Waals surface area contributed by atoms with Crippen molar-refractivity contribution in [3.63, 3.8) is 0 Å². The maximum Gasteiger partial charge on any atom is 0.387 e. The van der Waals surface area contributed by atoms with Crippen LogP contribution in [0.15, 0.2) is 59.5 Å². The largest absolute Gasteiger partial charge is 0.487 e. The van der Waals surface area contributed by atoms with Crippen molar-refractivity contribution in [3.05, 3.63) is 65.1 Å². The molecule has 1 aliphatic carbocycles. The molecule has 2 aromatic heterocycles. The van der Waals surface area contributed by atoms with E-state index in [1.807, 2.05) is 34.9 Å². The Kier molecular flexibility index (Phi) is 7.35. The number of aromatic amines is 1. The Balaban J connectivity index is 1.69. The molecule has 7 nitrogen and oxygen atoms in total. The fourth-order valence-corrected chi connectivity index (χ4v) is 5.13. The Hall–Kier alpha value is -3.50. The molecule has 0 bridgehead atoms. The Labute approximate surface area is 220 Å². The molecule has 0 spiro atoms. The molecule has 0 aliphatic heterocycles. The number of halogens is 2. The molecule has 0 unspecified atom stereocenters. The molecule has 0 amide bonds. The molecule has 0 radical (unpaired) electrons. The Morgan fingerprint density at radius 2 is 1.84 bits per heavy atom. The minimum Gasteiger partial charge on any atom is -0.487 e. The number of hydrogen-bond acceptors (Lipinski definition) is 5. The Bertz CT molecular complexity index is 1480. The monoisotopic (exact) mass is 539 g/mol. The molecule has 2 aromatic carbocycles. The average molecular weight is 540 g/mol. The molecule has 5 rings (SSSR count). The number of benzene rings is 2. The van der Waals surface area contributed by atoms with E-state index in [1.54, 1.807) is 18.3 Å². The van der Waals surface area contributed by atoms with Gasteiger partial charge in [0.1, 0.15) is 6.73 Å². The molecule has 38 heavy (non-hydrogen) atoms. The number of nitrogens with one attached hydrogen (secondary N) is 1. The topological polar surface area (TPSA) is 78.4 Å². The van der Waals surface area contributed by atoms with Gasteiger partial charge in [0, 0.05) is 25.8 Å². The fourth-order valence-electron chi connectivity index (χ4n) is 4.37. The summed E-state index contributed by atoms with van der Waals surface area (Å²) in [4.78, 5) is 13.1. The van der Waals surface area contributed by atoms with Crippen molar-refractivity contribution in [2.45, 2.75) is 58.0 Å². The number of ether oxygens (including phenoxy) is 3. The van der Waals surface area contributed by atoms with Gasteiger partial charge in [0.15, 0.2) is 11.5 Å². The number of alkyl halides is 2. The lowest BCUT2D eigenvalue weighted by molar-refractivity contribution is -0.0516. The Morgan fingerprint density at radius 1 is 1.08 bits per heavy atom. The van der Waals surface area contributed by atoms with Gasteiger partial charge in [-0.3, -0.25) is 4.79 Å². The summed E-state index contributed by atoms with van der Waals surface area (Å²) in [5.41, 5.74) is 3.23. The van der Waals surface area contributed by atoms with Crippen LogP contribution < -0.4 is 15.0 Å². The van der Waals surface area contributed by atoms with Crippen LogP contribution in [-0.2, 0) is 11.5 Å². The van der Waals surface area contributed by atoms with Gasteiger partial charge in [-0.2, -0.15) is 13.9 Å². The van der Waals surface area contributed by atoms with Crippen molar-refractivity contribution in [3.8, 4) is 33.9 Å². The highest BCUT2D eigenvalue weighted by molar-refractivity contribution is 6.76. The number of hydrogen-bond donors (Lipinski definition) is 1. The van der Waals surface area contributed by atoms with Crippen LogP contribution in [0.1, 0.15) is 12.8 Å². The fraction of sp³-hybridized carbons (Fsp3) is 0.357. The number of fused-ring (bicyclic) bond motifs is 1. The van der Waals surface area contributed by atoms with Crippen molar-refractivity contribution in [2.75, 3.05) is 6.61 Å². The van der Waals surface area contributed by atoms with Crippen molar-refractivity contribution in [1.29, 1.82) is 0 Å². The van der Waals surface area contributed by atoms with Gasteiger partial charge in [0.05, 0.1) is 28.9 Å². The molecule has 1 N–H and O–H groups in total. The molecule has 2 heterocycles. The minimum absolute atomic E-state index is 0.0227. The summed E-state index contributed by atoms with van der Waals surface area (Å²) >= 11 is 0. The van der Waals surface area contributed by atoms with Crippen molar-refractivity contribution >= 4 is 19.0 Å². The van der Waals surface area contributed by atoms with E-state index in [2.05, 4.69) is 29.8 Å². The summed E-state index contributed by atoms with van der Waals surface area (Å²) in [7, 11) is -1.31. The maximum atomic E-state index is 13.1. The van der Waals surface area contributed by atoms with Crippen LogP contribution in [0.3, 0.4) is 0 Å². The standard InChI is InChI=1S/C28H31F2N3O4Si/c1-38(2,3)14-13-35-17-33-21-16-31-32-27(34)25(21)24(18-7-5-4-6-8-18)26(33)19-9-12-22(37-28(29)30)23(15-19)36-20-10-11-20/h4-9,12,15-16,20,28H,10-11,13-14,17H2,1-3H3,(H,32,34). The molecule has 0 atom stereocenters. The van der Waals surface area contributed by atoms with Gasteiger partial charge in [-0.25, -0.2) is 5.10 Å². The number of aromatic nitrogens is 3. The summed E-state index contributed by atoms with van der Waals surface area (Å²) in [5.74, 6) is 0.221. The van der Waals surface area contributed by atoms with Crippen molar-refractivity contribution in [2.24, 2.45) is 0 Å². The zero-order valence-electron chi connectivity index (χ0n) is 21.7. The highest BCUT2D eigenvalue weighted by atomic mass is 28.3. The summed E-state index contributed by atoms with van der Waals surface area (Å²) in [6.45, 7) is 4.67. The summed E-state index contributed by atoms with van der Waals surface area (Å²) in [6.07, 6.45) is 3.31. The summed E-state index contributed by atoms with van der Waals surface area (Å²) in [6, 6.07) is 15.5. The number of rotatable bonds is 11. The molecule has 1 fully saturated rings. The van der Waals surface area contributed by atoms with Gasteiger partial charge in [-0.15, -0.1) is 0 Å². The lowest BCUT2D eigenvalue weighted by Crippen LogP contribution is -2.22. The third-order valence-electron chi connectivity index (χ3n) is 6.41. The highest BCUT2D eigenvalue weighted by Crippen LogP contribution is 2.43. The number of nitrogens with zero attached hydrogens (tertiary/aromatic N) is 2. The van der Waals surface area contributed by atoms with Crippen LogP contribution >= 0.6 is 0 Å². The predicted octanol–water partition coefficient (Wildman–Crippen LogP) is 6.51. The van der Waals surface area contributed by atoms with E-state index < -0.39 is 14.7 Å². The third-order valence-corrected chi connectivity index (χ3v) is 8.12. The molecule has 1 aliphatic rings. The predicted molar refractivity (Wildman–Crippen MR) is 146 cm³/mol. The molecule has 4 aromatic rings. The second-order valence-corrected chi connectivity index (χ2v) is 16.3. The van der Waals surface area contributed by atoms with Gasteiger partial charge in [-0.1, -0.05) is 50.0 Å². The van der Waals surface area contributed by atoms with E-state index >= 15 is 0 Å². The molecule has 1 saturated carbocycles. The number of H-pyrrole nitrogens is 1. The van der Waals surface area contributed by atoms with Crippen LogP contribution in [0.2, 0.25) is 25.7 Å². The van der Waals surface area contributed by atoms with Gasteiger partial charge in [-0.05, 0) is 42.6 Å². The second kappa shape index (κ2) is 10.7. The normalized spacial score (nSPS) is 13.8. The maximum absolute atomic E-state index is 13.1. The first-order chi connectivity index (χ1) is 18.2. The van der Waals surface area contributed by atoms with E-state index in [0.29, 0.717) is 34.3 Å². The van der Waals surface area contributed by atoms with Crippen LogP contribution in [0.5, 0.6) is 11.5 Å². The lowest BCUT2D eigenvalue weighted by atomic mass is 9.99. The first-order valence-corrected chi connectivity index (χ1v) is 16.4. The zero-order valence-corrected chi connectivity index (χ0v) is 22.7. The SMILES string of the molecule is C[Si](C)(C)CCOCn1c(-c2ccc(OC(F)F)c(OC3CC3)c2)c(-c2ccccc2)c2c(=O)[nH]ncc21. The van der Waals surface area contributed by atoms with E-state index in [-0.39, 0.29) is 29.9 Å². The van der Waals surface area contributed by atoms with Crippen LogP contribution in [-0.4, -0.2) is 42.2 Å². The quantitative estimate of drug-likeness (QED) is 0.174. The van der Waals surface area contributed by atoms with E-state index in [4.69, 9.17) is 14.2 Å². The molecule has 10 heteroatoms. The van der Waals surface area contributed by atoms with Gasteiger partial charge in [0.2, 0.25) is 0 Å². The van der Waals surface area contributed by atoms with Crippen LogP contribution in [0.25, 0.3) is 33.3 Å². The van der Waals surface area contributed by atoms with E-state index in [0.717, 1.165) is 24.4 Å². The minimum atomic E-state index is -2.97. The van der Waals surface area contributed by atoms with Crippen molar-refractivity contribution in [1.82, 2.24) is 14.8 Å². The zero-order chi connectivity index (χ0) is 26.9. The van der Waals surface area contributed by atoms with E-state index in [1.165, 1.54) is 6.07 Å². The smallest absolute Gasteiger partial charge is 0.387 e. The molecule has 0 saturated heterocycles. The van der Waals surface area contributed by atoms with Crippen molar-refractivity contribution < 1.29 is 23.0 Å². The Morgan fingerprint density at radius 3 is 2.53 bits per heavy atom. The first kappa shape index (κ1) is 26.1. The molecular weight excluding hydrogens is 508 g/mol. The van der Waals surface area contributed by atoms with Crippen LogP contribution in [0.4, 0.5) is 8.78 Å². The first-order valence-electron chi connectivity index (χ1n) is 12.7. The van der Waals surface area contributed by atoms with Gasteiger partial charge < -0.3 is 18.8 Å². The summed E-state index contributed by atoms with van der Waals surface area (Å²) in [5, 5.41) is 7.10. The lowest BCUT2D eigenvalue weighted by Gasteiger charge is -2.18. The van der Waals surface area contributed by atoms with Gasteiger partial charge >= 0.3 is 6.61 Å². The molecule has 200 valence electrons. The second-order valence-electron chi connectivity index (χ2n) is 10.7. The van der Waals surface area contributed by atoms with Crippen LogP contribution in [0, 0.1) is 0 Å². The summed E-state index contributed by atoms with van der Waals surface area (Å²) < 4.78 is 45.0. The van der Waals surface area contributed by atoms with E-state index in [9.17, 15) is 13.6 Å². The average Bonchev–Trinajstić information content (AvgIpc) is 3.62. The molecular formula is C28H31F2N3O4Si. The highest BCUT2D eigenvalue weighted by Gasteiger charge is 2.28. The van der Waals surface area contributed by atoms with Gasteiger partial charge in [0.25, 0.3) is 5.56 Å².